The molecular formula is C23H24ClN3O2. The van der Waals surface area contributed by atoms with E-state index in [1.165, 1.54) is 5.56 Å². The molecule has 1 fully saturated rings. The molecule has 0 unspecified atom stereocenters. The van der Waals surface area contributed by atoms with Gasteiger partial charge in [-0.25, -0.2) is 0 Å². The molecule has 1 aliphatic carbocycles. The highest BCUT2D eigenvalue weighted by atomic mass is 35.5. The third-order valence-electron chi connectivity index (χ3n) is 5.11. The summed E-state index contributed by atoms with van der Waals surface area (Å²) in [6.07, 6.45) is 2.01. The maximum atomic E-state index is 13.1. The first-order valence-electron chi connectivity index (χ1n) is 9.81. The van der Waals surface area contributed by atoms with Crippen molar-refractivity contribution in [2.75, 3.05) is 0 Å². The summed E-state index contributed by atoms with van der Waals surface area (Å²) in [6.45, 7) is 6.79. The largest absolute Gasteiger partial charge is 0.419 e. The zero-order valence-corrected chi connectivity index (χ0v) is 17.6. The van der Waals surface area contributed by atoms with E-state index >= 15 is 0 Å². The fourth-order valence-electron chi connectivity index (χ4n) is 3.20. The van der Waals surface area contributed by atoms with E-state index < -0.39 is 0 Å². The van der Waals surface area contributed by atoms with Gasteiger partial charge in [0.1, 0.15) is 0 Å². The average Bonchev–Trinajstić information content (AvgIpc) is 3.43. The lowest BCUT2D eigenvalue weighted by Gasteiger charge is -2.22. The van der Waals surface area contributed by atoms with Crippen LogP contribution in [0.1, 0.15) is 55.4 Å². The minimum absolute atomic E-state index is 0.000739. The summed E-state index contributed by atoms with van der Waals surface area (Å²) in [7, 11) is 0. The molecule has 6 heteroatoms. The highest BCUT2D eigenvalue weighted by Crippen LogP contribution is 2.31. The molecule has 1 amide bonds. The summed E-state index contributed by atoms with van der Waals surface area (Å²) in [5.41, 5.74) is 2.74. The topological polar surface area (TPSA) is 59.2 Å². The second-order valence-corrected chi connectivity index (χ2v) is 8.94. The second-order valence-electron chi connectivity index (χ2n) is 8.50. The van der Waals surface area contributed by atoms with E-state index in [1.807, 2.05) is 41.3 Å². The van der Waals surface area contributed by atoms with E-state index in [0.29, 0.717) is 28.9 Å². The number of rotatable bonds is 5. The fourth-order valence-corrected chi connectivity index (χ4v) is 3.33. The summed E-state index contributed by atoms with van der Waals surface area (Å²) in [5, 5.41) is 8.92. The Kier molecular flexibility index (Phi) is 5.17. The molecule has 29 heavy (non-hydrogen) atoms. The van der Waals surface area contributed by atoms with Gasteiger partial charge in [0.05, 0.1) is 6.54 Å². The maximum absolute atomic E-state index is 13.1. The SMILES string of the molecule is CC(C)(C)c1ccc(C(=O)N(Cc2nnc(-c3ccc(Cl)cc3)o2)C2CC2)cc1. The van der Waals surface area contributed by atoms with Crippen molar-refractivity contribution in [3.05, 3.63) is 70.6 Å². The summed E-state index contributed by atoms with van der Waals surface area (Å²) < 4.78 is 5.81. The monoisotopic (exact) mass is 409 g/mol. The first-order valence-corrected chi connectivity index (χ1v) is 10.2. The number of hydrogen-bond donors (Lipinski definition) is 0. The molecule has 1 aromatic heterocycles. The van der Waals surface area contributed by atoms with Crippen molar-refractivity contribution in [3.63, 3.8) is 0 Å². The van der Waals surface area contributed by atoms with Gasteiger partial charge >= 0.3 is 0 Å². The Hall–Kier alpha value is -2.66. The number of halogens is 1. The Morgan fingerprint density at radius 2 is 1.72 bits per heavy atom. The van der Waals surface area contributed by atoms with Crippen LogP contribution in [0.2, 0.25) is 5.02 Å². The lowest BCUT2D eigenvalue weighted by molar-refractivity contribution is 0.0714. The van der Waals surface area contributed by atoms with Crippen LogP contribution in [-0.2, 0) is 12.0 Å². The Labute approximate surface area is 175 Å². The number of amides is 1. The summed E-state index contributed by atoms with van der Waals surface area (Å²) >= 11 is 5.93. The van der Waals surface area contributed by atoms with Gasteiger partial charge in [-0.2, -0.15) is 0 Å². The number of nitrogens with zero attached hydrogens (tertiary/aromatic N) is 3. The molecule has 0 radical (unpaired) electrons. The van der Waals surface area contributed by atoms with Crippen molar-refractivity contribution in [3.8, 4) is 11.5 Å². The predicted octanol–water partition coefficient (Wildman–Crippen LogP) is 5.49. The number of carbonyl (C=O) groups is 1. The average molecular weight is 410 g/mol. The minimum atomic E-state index is -0.000739. The molecule has 0 bridgehead atoms. The molecule has 1 aliphatic rings. The quantitative estimate of drug-likeness (QED) is 0.558. The molecular weight excluding hydrogens is 386 g/mol. The molecule has 0 spiro atoms. The van der Waals surface area contributed by atoms with E-state index in [0.717, 1.165) is 18.4 Å². The lowest BCUT2D eigenvalue weighted by Crippen LogP contribution is -2.32. The highest BCUT2D eigenvalue weighted by molar-refractivity contribution is 6.30. The van der Waals surface area contributed by atoms with Crippen LogP contribution in [0.15, 0.2) is 52.9 Å². The molecule has 0 atom stereocenters. The second kappa shape index (κ2) is 7.64. The van der Waals surface area contributed by atoms with E-state index in [-0.39, 0.29) is 17.4 Å². The summed E-state index contributed by atoms with van der Waals surface area (Å²) in [5.74, 6) is 0.857. The molecule has 1 heterocycles. The maximum Gasteiger partial charge on any atom is 0.254 e. The fraction of sp³-hybridized carbons (Fsp3) is 0.348. The Morgan fingerprint density at radius 1 is 1.07 bits per heavy atom. The van der Waals surface area contributed by atoms with Crippen LogP contribution in [0, 0.1) is 0 Å². The molecule has 150 valence electrons. The highest BCUT2D eigenvalue weighted by Gasteiger charge is 2.34. The van der Waals surface area contributed by atoms with Gasteiger partial charge in [-0.1, -0.05) is 44.5 Å². The van der Waals surface area contributed by atoms with Crippen LogP contribution >= 0.6 is 11.6 Å². The van der Waals surface area contributed by atoms with Crippen LogP contribution in [-0.4, -0.2) is 27.0 Å². The molecule has 3 aromatic rings. The first kappa shape index (κ1) is 19.6. The third-order valence-corrected chi connectivity index (χ3v) is 5.36. The molecule has 1 saturated carbocycles. The van der Waals surface area contributed by atoms with Crippen LogP contribution in [0.3, 0.4) is 0 Å². The van der Waals surface area contributed by atoms with Crippen molar-refractivity contribution in [2.45, 2.75) is 51.6 Å². The number of hydrogen-bond acceptors (Lipinski definition) is 4. The predicted molar refractivity (Wildman–Crippen MR) is 113 cm³/mol. The zero-order valence-electron chi connectivity index (χ0n) is 16.9. The van der Waals surface area contributed by atoms with Gasteiger partial charge < -0.3 is 9.32 Å². The van der Waals surface area contributed by atoms with E-state index in [2.05, 4.69) is 31.0 Å². The molecule has 5 nitrogen and oxygen atoms in total. The molecule has 0 N–H and O–H groups in total. The zero-order chi connectivity index (χ0) is 20.6. The molecule has 0 aliphatic heterocycles. The normalized spacial score (nSPS) is 14.1. The third kappa shape index (κ3) is 4.51. The Balaban J connectivity index is 1.51. The molecule has 0 saturated heterocycles. The van der Waals surface area contributed by atoms with Gasteiger partial charge in [0.15, 0.2) is 0 Å². The van der Waals surface area contributed by atoms with Crippen LogP contribution in [0.4, 0.5) is 0 Å². The van der Waals surface area contributed by atoms with Crippen molar-refractivity contribution >= 4 is 17.5 Å². The van der Waals surface area contributed by atoms with Gasteiger partial charge in [0.2, 0.25) is 11.8 Å². The Morgan fingerprint density at radius 3 is 2.31 bits per heavy atom. The smallest absolute Gasteiger partial charge is 0.254 e. The van der Waals surface area contributed by atoms with Crippen LogP contribution in [0.25, 0.3) is 11.5 Å². The Bertz CT molecular complexity index is 1000. The van der Waals surface area contributed by atoms with Crippen molar-refractivity contribution in [1.29, 1.82) is 0 Å². The van der Waals surface area contributed by atoms with E-state index in [4.69, 9.17) is 16.0 Å². The van der Waals surface area contributed by atoms with Gasteiger partial charge in [0.25, 0.3) is 5.91 Å². The van der Waals surface area contributed by atoms with Crippen molar-refractivity contribution in [2.24, 2.45) is 0 Å². The number of carbonyl (C=O) groups excluding carboxylic acids is 1. The van der Waals surface area contributed by atoms with Gasteiger partial charge in [0, 0.05) is 22.2 Å². The number of aromatic nitrogens is 2. The van der Waals surface area contributed by atoms with Crippen molar-refractivity contribution in [1.82, 2.24) is 15.1 Å². The summed E-state index contributed by atoms with van der Waals surface area (Å²) in [6, 6.07) is 15.3. The summed E-state index contributed by atoms with van der Waals surface area (Å²) in [4.78, 5) is 15.0. The van der Waals surface area contributed by atoms with Gasteiger partial charge in [-0.3, -0.25) is 4.79 Å². The van der Waals surface area contributed by atoms with Gasteiger partial charge in [-0.05, 0) is 60.2 Å². The minimum Gasteiger partial charge on any atom is -0.419 e. The van der Waals surface area contributed by atoms with Crippen molar-refractivity contribution < 1.29 is 9.21 Å². The lowest BCUT2D eigenvalue weighted by atomic mass is 9.86. The van der Waals surface area contributed by atoms with E-state index in [9.17, 15) is 4.79 Å². The van der Waals surface area contributed by atoms with E-state index in [1.54, 1.807) is 12.1 Å². The molecule has 4 rings (SSSR count). The van der Waals surface area contributed by atoms with Crippen LogP contribution < -0.4 is 0 Å². The first-order chi connectivity index (χ1) is 13.8. The molecule has 2 aromatic carbocycles. The van der Waals surface area contributed by atoms with Gasteiger partial charge in [-0.15, -0.1) is 10.2 Å². The van der Waals surface area contributed by atoms with Crippen LogP contribution in [0.5, 0.6) is 0 Å². The number of benzene rings is 2. The standard InChI is InChI=1S/C23H24ClN3O2/c1-23(2,3)17-8-4-16(5-9-17)22(28)27(19-12-13-19)14-20-25-26-21(29-20)15-6-10-18(24)11-7-15/h4-11,19H,12-14H2,1-3H3.